The normalized spacial score (nSPS) is 12.6. The fraction of sp³-hybridized carbons (Fsp3) is 0.333. The Balaban J connectivity index is 2.24. The standard InChI is InChI=1S/C18H21Cl2N/c1-13(2)21-12-15(16-8-4-6-10-18(16)20)11-14-7-3-5-9-17(14)19/h3-10,13,15,21H,11-12H2,1-2H3. The Labute approximate surface area is 137 Å². The predicted molar refractivity (Wildman–Crippen MR) is 92.5 cm³/mol. The zero-order valence-corrected chi connectivity index (χ0v) is 14.0. The second kappa shape index (κ2) is 7.84. The van der Waals surface area contributed by atoms with Crippen LogP contribution in [0.4, 0.5) is 0 Å². The van der Waals surface area contributed by atoms with Gasteiger partial charge in [-0.1, -0.05) is 73.4 Å². The van der Waals surface area contributed by atoms with Crippen molar-refractivity contribution in [2.75, 3.05) is 6.54 Å². The molecule has 0 aromatic heterocycles. The van der Waals surface area contributed by atoms with Crippen molar-refractivity contribution in [3.63, 3.8) is 0 Å². The van der Waals surface area contributed by atoms with Crippen molar-refractivity contribution in [1.82, 2.24) is 5.32 Å². The molecule has 112 valence electrons. The van der Waals surface area contributed by atoms with Crippen molar-refractivity contribution in [3.05, 3.63) is 69.7 Å². The van der Waals surface area contributed by atoms with Crippen molar-refractivity contribution in [1.29, 1.82) is 0 Å². The average Bonchev–Trinajstić information content (AvgIpc) is 2.46. The van der Waals surface area contributed by atoms with Crippen LogP contribution in [-0.4, -0.2) is 12.6 Å². The van der Waals surface area contributed by atoms with E-state index in [2.05, 4.69) is 31.3 Å². The van der Waals surface area contributed by atoms with Crippen LogP contribution >= 0.6 is 23.2 Å². The molecule has 0 fully saturated rings. The van der Waals surface area contributed by atoms with E-state index in [0.717, 1.165) is 28.6 Å². The minimum absolute atomic E-state index is 0.306. The van der Waals surface area contributed by atoms with Crippen molar-refractivity contribution >= 4 is 23.2 Å². The van der Waals surface area contributed by atoms with Crippen molar-refractivity contribution in [2.45, 2.75) is 32.2 Å². The molecule has 2 aromatic carbocycles. The highest BCUT2D eigenvalue weighted by Crippen LogP contribution is 2.29. The van der Waals surface area contributed by atoms with Crippen LogP contribution in [0, 0.1) is 0 Å². The molecule has 1 atom stereocenters. The first kappa shape index (κ1) is 16.4. The Bertz CT molecular complexity index is 581. The van der Waals surface area contributed by atoms with Crippen LogP contribution in [0.2, 0.25) is 10.0 Å². The third-order valence-corrected chi connectivity index (χ3v) is 4.25. The Morgan fingerprint density at radius 3 is 2.14 bits per heavy atom. The van der Waals surface area contributed by atoms with Gasteiger partial charge in [-0.3, -0.25) is 0 Å². The van der Waals surface area contributed by atoms with E-state index in [-0.39, 0.29) is 0 Å². The molecule has 0 bridgehead atoms. The van der Waals surface area contributed by atoms with Gasteiger partial charge in [0, 0.05) is 28.5 Å². The highest BCUT2D eigenvalue weighted by molar-refractivity contribution is 6.31. The SMILES string of the molecule is CC(C)NCC(Cc1ccccc1Cl)c1ccccc1Cl. The summed E-state index contributed by atoms with van der Waals surface area (Å²) in [6.45, 7) is 5.19. The van der Waals surface area contributed by atoms with Gasteiger partial charge in [-0.05, 0) is 29.7 Å². The van der Waals surface area contributed by atoms with Crippen LogP contribution in [0.1, 0.15) is 30.9 Å². The van der Waals surface area contributed by atoms with Crippen LogP contribution in [0.3, 0.4) is 0 Å². The molecule has 0 saturated heterocycles. The lowest BCUT2D eigenvalue weighted by atomic mass is 9.91. The summed E-state index contributed by atoms with van der Waals surface area (Å²) >= 11 is 12.7. The number of halogens is 2. The smallest absolute Gasteiger partial charge is 0.0441 e. The number of nitrogens with one attached hydrogen (secondary N) is 1. The topological polar surface area (TPSA) is 12.0 Å². The summed E-state index contributed by atoms with van der Waals surface area (Å²) in [5.74, 6) is 0.306. The number of hydrogen-bond donors (Lipinski definition) is 1. The fourth-order valence-corrected chi connectivity index (χ4v) is 2.91. The van der Waals surface area contributed by atoms with Crippen molar-refractivity contribution < 1.29 is 0 Å². The maximum Gasteiger partial charge on any atom is 0.0441 e. The third-order valence-electron chi connectivity index (χ3n) is 3.54. The van der Waals surface area contributed by atoms with Crippen molar-refractivity contribution in [3.8, 4) is 0 Å². The Kier molecular flexibility index (Phi) is 6.10. The molecule has 0 aliphatic heterocycles. The Morgan fingerprint density at radius 1 is 0.905 bits per heavy atom. The number of benzene rings is 2. The highest BCUT2D eigenvalue weighted by Gasteiger charge is 2.16. The van der Waals surface area contributed by atoms with Gasteiger partial charge in [-0.2, -0.15) is 0 Å². The molecule has 2 rings (SSSR count). The van der Waals surface area contributed by atoms with Gasteiger partial charge in [0.2, 0.25) is 0 Å². The first-order valence-corrected chi connectivity index (χ1v) is 8.04. The van der Waals surface area contributed by atoms with E-state index in [1.165, 1.54) is 5.56 Å². The van der Waals surface area contributed by atoms with Gasteiger partial charge in [0.05, 0.1) is 0 Å². The Morgan fingerprint density at radius 2 is 1.52 bits per heavy atom. The summed E-state index contributed by atoms with van der Waals surface area (Å²) in [4.78, 5) is 0. The molecule has 2 aromatic rings. The van der Waals surface area contributed by atoms with E-state index in [1.807, 2.05) is 36.4 Å². The zero-order chi connectivity index (χ0) is 15.2. The van der Waals surface area contributed by atoms with E-state index in [1.54, 1.807) is 0 Å². The lowest BCUT2D eigenvalue weighted by Gasteiger charge is -2.21. The molecule has 0 radical (unpaired) electrons. The van der Waals surface area contributed by atoms with Crippen molar-refractivity contribution in [2.24, 2.45) is 0 Å². The summed E-state index contributed by atoms with van der Waals surface area (Å²) in [7, 11) is 0. The monoisotopic (exact) mass is 321 g/mol. The molecule has 1 nitrogen and oxygen atoms in total. The summed E-state index contributed by atoms with van der Waals surface area (Å²) in [5.41, 5.74) is 2.34. The van der Waals surface area contributed by atoms with Gasteiger partial charge in [0.1, 0.15) is 0 Å². The van der Waals surface area contributed by atoms with Gasteiger partial charge in [-0.25, -0.2) is 0 Å². The van der Waals surface area contributed by atoms with Crippen LogP contribution in [-0.2, 0) is 6.42 Å². The molecule has 0 heterocycles. The van der Waals surface area contributed by atoms with Crippen LogP contribution in [0.5, 0.6) is 0 Å². The third kappa shape index (κ3) is 4.74. The molecule has 0 aliphatic carbocycles. The van der Waals surface area contributed by atoms with Gasteiger partial charge < -0.3 is 5.32 Å². The maximum atomic E-state index is 6.38. The maximum absolute atomic E-state index is 6.38. The summed E-state index contributed by atoms with van der Waals surface area (Å²) in [5, 5.41) is 5.15. The summed E-state index contributed by atoms with van der Waals surface area (Å²) < 4.78 is 0. The molecule has 0 spiro atoms. The lowest BCUT2D eigenvalue weighted by Crippen LogP contribution is -2.29. The summed E-state index contributed by atoms with van der Waals surface area (Å²) in [6, 6.07) is 16.5. The second-order valence-corrected chi connectivity index (χ2v) is 6.39. The fourth-order valence-electron chi connectivity index (χ4n) is 2.41. The van der Waals surface area contributed by atoms with Gasteiger partial charge in [0.15, 0.2) is 0 Å². The second-order valence-electron chi connectivity index (χ2n) is 5.58. The van der Waals surface area contributed by atoms with E-state index < -0.39 is 0 Å². The molecule has 0 saturated carbocycles. The average molecular weight is 322 g/mol. The van der Waals surface area contributed by atoms with E-state index in [0.29, 0.717) is 12.0 Å². The van der Waals surface area contributed by atoms with Gasteiger partial charge in [-0.15, -0.1) is 0 Å². The largest absolute Gasteiger partial charge is 0.314 e. The van der Waals surface area contributed by atoms with Gasteiger partial charge >= 0.3 is 0 Å². The molecule has 1 unspecified atom stereocenters. The van der Waals surface area contributed by atoms with E-state index >= 15 is 0 Å². The minimum atomic E-state index is 0.306. The molecule has 0 amide bonds. The molecule has 3 heteroatoms. The first-order valence-electron chi connectivity index (χ1n) is 7.29. The van der Waals surface area contributed by atoms with E-state index in [9.17, 15) is 0 Å². The van der Waals surface area contributed by atoms with Crippen LogP contribution in [0.15, 0.2) is 48.5 Å². The Hall–Kier alpha value is -1.02. The number of rotatable bonds is 6. The zero-order valence-electron chi connectivity index (χ0n) is 12.4. The highest BCUT2D eigenvalue weighted by atomic mass is 35.5. The van der Waals surface area contributed by atoms with Crippen LogP contribution < -0.4 is 5.32 Å². The predicted octanol–water partition coefficient (Wildman–Crippen LogP) is 5.32. The lowest BCUT2D eigenvalue weighted by molar-refractivity contribution is 0.527. The molecule has 1 N–H and O–H groups in total. The molecule has 0 aliphatic rings. The molecular weight excluding hydrogens is 301 g/mol. The first-order chi connectivity index (χ1) is 10.1. The molecule has 21 heavy (non-hydrogen) atoms. The quantitative estimate of drug-likeness (QED) is 0.759. The minimum Gasteiger partial charge on any atom is -0.314 e. The summed E-state index contributed by atoms with van der Waals surface area (Å²) in [6.07, 6.45) is 0.878. The van der Waals surface area contributed by atoms with Gasteiger partial charge in [0.25, 0.3) is 0 Å². The number of hydrogen-bond acceptors (Lipinski definition) is 1. The molecular formula is C18H21Cl2N. The van der Waals surface area contributed by atoms with E-state index in [4.69, 9.17) is 23.2 Å². The van der Waals surface area contributed by atoms with Crippen LogP contribution in [0.25, 0.3) is 0 Å².